The molecule has 0 amide bonds. The van der Waals surface area contributed by atoms with Crippen molar-refractivity contribution < 1.29 is 24.2 Å². The molecule has 6 nitrogen and oxygen atoms in total. The van der Waals surface area contributed by atoms with Crippen molar-refractivity contribution in [1.82, 2.24) is 0 Å². The van der Waals surface area contributed by atoms with Gasteiger partial charge in [-0.25, -0.2) is 4.79 Å². The Morgan fingerprint density at radius 1 is 1.24 bits per heavy atom. The van der Waals surface area contributed by atoms with Crippen LogP contribution in [0.3, 0.4) is 0 Å². The van der Waals surface area contributed by atoms with Crippen LogP contribution in [-0.2, 0) is 19.1 Å². The van der Waals surface area contributed by atoms with Gasteiger partial charge in [0.15, 0.2) is 0 Å². The number of carboxylic acid groups (broad SMARTS) is 1. The number of Topliss-reactive ketones (excluding diaryl/α,β-unsaturated/α-hetero) is 1. The molecule has 0 radical (unpaired) electrons. The third-order valence-electron chi connectivity index (χ3n) is 1.26. The molecule has 0 aliphatic rings. The fraction of sp³-hybridized carbons (Fsp3) is 0.625. The summed E-state index contributed by atoms with van der Waals surface area (Å²) in [5, 5.41) is 8.06. The van der Waals surface area contributed by atoms with E-state index >= 15 is 0 Å². The number of hydrogen-bond acceptors (Lipinski definition) is 5. The molecule has 0 atom stereocenters. The summed E-state index contributed by atoms with van der Waals surface area (Å²) in [5.74, 6) is -2.04. The number of carboxylic acids is 1. The van der Waals surface area contributed by atoms with Crippen LogP contribution >= 0.6 is 34.8 Å². The minimum atomic E-state index is -1.94. The lowest BCUT2D eigenvalue weighted by atomic mass is 10.2. The molecular weight excluding hydrogens is 296 g/mol. The molecule has 0 unspecified atom stereocenters. The van der Waals surface area contributed by atoms with Crippen LogP contribution in [-0.4, -0.2) is 40.3 Å². The van der Waals surface area contributed by atoms with Gasteiger partial charge in [-0.2, -0.15) is 0 Å². The zero-order chi connectivity index (χ0) is 14.1. The van der Waals surface area contributed by atoms with Gasteiger partial charge in [-0.3, -0.25) is 9.59 Å². The molecular formula is C8H12Cl3NO5. The minimum Gasteiger partial charge on any atom is -0.481 e. The number of ketones is 1. The Balaban J connectivity index is 0. The number of carbonyl (C=O) groups excluding carboxylic acids is 2. The molecule has 0 bridgehead atoms. The molecule has 100 valence electrons. The molecule has 0 saturated heterocycles. The summed E-state index contributed by atoms with van der Waals surface area (Å²) in [4.78, 5) is 30.4. The van der Waals surface area contributed by atoms with E-state index < -0.39 is 15.7 Å². The predicted octanol–water partition coefficient (Wildman–Crippen LogP) is 0.909. The largest absolute Gasteiger partial charge is 0.481 e. The van der Waals surface area contributed by atoms with E-state index in [4.69, 9.17) is 45.6 Å². The maximum Gasteiger partial charge on any atom is 0.358 e. The van der Waals surface area contributed by atoms with Crippen molar-refractivity contribution in [2.24, 2.45) is 5.73 Å². The quantitative estimate of drug-likeness (QED) is 0.590. The standard InChI is InChI=1S/C5H9NO3.C3H3Cl3O2/c6-3-4(7)1-2-5(8)9;1-8-2(7)3(4,5)6/h1-3,6H2,(H,8,9);1H3. The van der Waals surface area contributed by atoms with Crippen LogP contribution in [0.4, 0.5) is 0 Å². The lowest BCUT2D eigenvalue weighted by molar-refractivity contribution is -0.139. The Hall–Kier alpha value is -0.560. The fourth-order valence-electron chi connectivity index (χ4n) is 0.464. The second kappa shape index (κ2) is 9.47. The van der Waals surface area contributed by atoms with Crippen molar-refractivity contribution in [3.8, 4) is 0 Å². The Morgan fingerprint density at radius 2 is 1.71 bits per heavy atom. The first-order chi connectivity index (χ1) is 7.65. The molecule has 0 aromatic heterocycles. The Bertz CT molecular complexity index is 277. The van der Waals surface area contributed by atoms with Crippen molar-refractivity contribution in [3.05, 3.63) is 0 Å². The van der Waals surface area contributed by atoms with Gasteiger partial charge in [-0.05, 0) is 0 Å². The van der Waals surface area contributed by atoms with Crippen LogP contribution in [0, 0.1) is 0 Å². The van der Waals surface area contributed by atoms with Crippen molar-refractivity contribution >= 4 is 52.5 Å². The Labute approximate surface area is 113 Å². The minimum absolute atomic E-state index is 0.0475. The van der Waals surface area contributed by atoms with Crippen molar-refractivity contribution in [2.75, 3.05) is 13.7 Å². The Kier molecular flexibility index (Phi) is 10.5. The van der Waals surface area contributed by atoms with Gasteiger partial charge >= 0.3 is 11.9 Å². The highest BCUT2D eigenvalue weighted by Gasteiger charge is 2.31. The van der Waals surface area contributed by atoms with Crippen LogP contribution in [0.2, 0.25) is 0 Å². The molecule has 3 N–H and O–H groups in total. The van der Waals surface area contributed by atoms with Crippen molar-refractivity contribution in [2.45, 2.75) is 16.6 Å². The maximum absolute atomic E-state index is 10.3. The molecule has 9 heteroatoms. The maximum atomic E-state index is 10.3. The topological polar surface area (TPSA) is 107 Å². The van der Waals surface area contributed by atoms with Crippen molar-refractivity contribution in [3.63, 3.8) is 0 Å². The normalized spacial score (nSPS) is 9.94. The number of alkyl halides is 3. The van der Waals surface area contributed by atoms with Crippen LogP contribution in [0.15, 0.2) is 0 Å². The number of aliphatic carboxylic acids is 1. The Morgan fingerprint density at radius 3 is 1.88 bits per heavy atom. The first-order valence-corrected chi connectivity index (χ1v) is 5.37. The highest BCUT2D eigenvalue weighted by molar-refractivity contribution is 6.75. The van der Waals surface area contributed by atoms with E-state index in [1.54, 1.807) is 0 Å². The van der Waals surface area contributed by atoms with E-state index in [9.17, 15) is 14.4 Å². The fourth-order valence-corrected chi connectivity index (χ4v) is 0.696. The van der Waals surface area contributed by atoms with E-state index in [2.05, 4.69) is 4.74 Å². The number of nitrogens with two attached hydrogens (primary N) is 1. The molecule has 0 aromatic rings. The highest BCUT2D eigenvalue weighted by Crippen LogP contribution is 2.26. The first-order valence-electron chi connectivity index (χ1n) is 4.23. The second-order valence-electron chi connectivity index (χ2n) is 2.63. The average Bonchev–Trinajstić information content (AvgIpc) is 2.24. The molecule has 0 aliphatic heterocycles. The van der Waals surface area contributed by atoms with Gasteiger partial charge < -0.3 is 15.6 Å². The summed E-state index contributed by atoms with van der Waals surface area (Å²) < 4.78 is 2.14. The summed E-state index contributed by atoms with van der Waals surface area (Å²) in [7, 11) is 1.14. The SMILES string of the molecule is COC(=O)C(Cl)(Cl)Cl.NCC(=O)CCC(=O)O. The zero-order valence-corrected chi connectivity index (χ0v) is 11.2. The number of halogens is 3. The lowest BCUT2D eigenvalue weighted by Gasteiger charge is -2.05. The second-order valence-corrected chi connectivity index (χ2v) is 4.91. The van der Waals surface area contributed by atoms with E-state index in [-0.39, 0.29) is 25.2 Å². The van der Waals surface area contributed by atoms with Crippen LogP contribution < -0.4 is 5.73 Å². The van der Waals surface area contributed by atoms with Gasteiger partial charge in [-0.1, -0.05) is 34.8 Å². The molecule has 17 heavy (non-hydrogen) atoms. The average molecular weight is 309 g/mol. The number of methoxy groups -OCH3 is 1. The van der Waals surface area contributed by atoms with E-state index in [0.29, 0.717) is 0 Å². The monoisotopic (exact) mass is 307 g/mol. The summed E-state index contributed by atoms with van der Waals surface area (Å²) >= 11 is 15.1. The van der Waals surface area contributed by atoms with Gasteiger partial charge in [0.05, 0.1) is 20.1 Å². The molecule has 0 heterocycles. The third-order valence-corrected chi connectivity index (χ3v) is 1.73. The van der Waals surface area contributed by atoms with E-state index in [0.717, 1.165) is 7.11 Å². The van der Waals surface area contributed by atoms with Crippen molar-refractivity contribution in [1.29, 1.82) is 0 Å². The highest BCUT2D eigenvalue weighted by atomic mass is 35.6. The molecule has 0 rings (SSSR count). The molecule has 0 fully saturated rings. The van der Waals surface area contributed by atoms with Gasteiger partial charge in [0, 0.05) is 6.42 Å². The summed E-state index contributed by atoms with van der Waals surface area (Å²) in [6, 6.07) is 0. The molecule has 0 aromatic carbocycles. The lowest BCUT2D eigenvalue weighted by Crippen LogP contribution is -2.19. The van der Waals surface area contributed by atoms with Crippen LogP contribution in [0.25, 0.3) is 0 Å². The van der Waals surface area contributed by atoms with Gasteiger partial charge in [0.1, 0.15) is 5.78 Å². The number of rotatable bonds is 4. The van der Waals surface area contributed by atoms with Crippen LogP contribution in [0.5, 0.6) is 0 Å². The molecule has 0 saturated carbocycles. The van der Waals surface area contributed by atoms with E-state index in [1.807, 2.05) is 0 Å². The summed E-state index contributed by atoms with van der Waals surface area (Å²) in [5.41, 5.74) is 4.92. The van der Waals surface area contributed by atoms with Gasteiger partial charge in [0.2, 0.25) is 0 Å². The number of esters is 1. The number of hydrogen-bond donors (Lipinski definition) is 2. The molecule has 0 spiro atoms. The van der Waals surface area contributed by atoms with Gasteiger partial charge in [-0.15, -0.1) is 0 Å². The number of ether oxygens (including phenoxy) is 1. The first kappa shape index (κ1) is 18.8. The summed E-state index contributed by atoms with van der Waals surface area (Å²) in [6.07, 6.45) is -0.0676. The zero-order valence-electron chi connectivity index (χ0n) is 8.91. The van der Waals surface area contributed by atoms with Crippen LogP contribution in [0.1, 0.15) is 12.8 Å². The number of carbonyl (C=O) groups is 3. The van der Waals surface area contributed by atoms with Gasteiger partial charge in [0.25, 0.3) is 3.79 Å². The predicted molar refractivity (Wildman–Crippen MR) is 63.2 cm³/mol. The summed E-state index contributed by atoms with van der Waals surface area (Å²) in [6.45, 7) is -0.0622. The molecule has 0 aliphatic carbocycles. The smallest absolute Gasteiger partial charge is 0.358 e. The third kappa shape index (κ3) is 13.4. The van der Waals surface area contributed by atoms with E-state index in [1.165, 1.54) is 0 Å².